The Morgan fingerprint density at radius 2 is 2.00 bits per heavy atom. The number of amides is 1. The van der Waals surface area contributed by atoms with Gasteiger partial charge in [0.05, 0.1) is 19.4 Å². The first kappa shape index (κ1) is 21.8. The van der Waals surface area contributed by atoms with Gasteiger partial charge in [0.15, 0.2) is 20.7 Å². The molecule has 1 atom stereocenters. The number of carbonyl (C=O) groups is 1. The number of aromatic nitrogens is 3. The molecule has 4 rings (SSSR count). The van der Waals surface area contributed by atoms with Gasteiger partial charge >= 0.3 is 0 Å². The minimum Gasteiger partial charge on any atom is -0.488 e. The number of nitrogens with zero attached hydrogens (tertiary/aromatic N) is 3. The van der Waals surface area contributed by atoms with Gasteiger partial charge in [-0.25, -0.2) is 13.4 Å². The van der Waals surface area contributed by atoms with Gasteiger partial charge in [0, 0.05) is 43.6 Å². The van der Waals surface area contributed by atoms with E-state index in [1.165, 1.54) is 18.3 Å². The molecule has 3 aromatic rings. The van der Waals surface area contributed by atoms with E-state index in [1.807, 2.05) is 0 Å². The molecule has 1 aromatic carbocycles. The third kappa shape index (κ3) is 5.42. The standard InChI is InChI=1S/C21H22N4O6S/c1-25-7-5-19(24-25)23-21(26)14-9-17(11-18(10-14)31-16-6-8-29-13-16)30-15-3-4-20(22-12-15)32(2,27)28/h3-5,7,9-12,16H,6,8,13H2,1-2H3,(H,23,24,26)/t16-/m0/s1. The first-order valence-corrected chi connectivity index (χ1v) is 11.7. The lowest BCUT2D eigenvalue weighted by atomic mass is 10.2. The molecule has 1 fully saturated rings. The molecule has 32 heavy (non-hydrogen) atoms. The Labute approximate surface area is 185 Å². The number of sulfone groups is 1. The molecule has 0 bridgehead atoms. The van der Waals surface area contributed by atoms with Crippen molar-refractivity contribution in [3.05, 3.63) is 54.4 Å². The molecule has 0 saturated carbocycles. The molecule has 168 valence electrons. The van der Waals surface area contributed by atoms with E-state index in [0.29, 0.717) is 41.8 Å². The van der Waals surface area contributed by atoms with Gasteiger partial charge in [-0.3, -0.25) is 9.48 Å². The van der Waals surface area contributed by atoms with Crippen LogP contribution < -0.4 is 14.8 Å². The predicted molar refractivity (Wildman–Crippen MR) is 115 cm³/mol. The van der Waals surface area contributed by atoms with Crippen molar-refractivity contribution in [2.24, 2.45) is 7.05 Å². The first-order valence-electron chi connectivity index (χ1n) is 9.81. The SMILES string of the molecule is Cn1ccc(NC(=O)c2cc(Oc3ccc(S(C)(=O)=O)nc3)cc(O[C@H]3CCOC3)c2)n1. The van der Waals surface area contributed by atoms with Crippen molar-refractivity contribution >= 4 is 21.6 Å². The van der Waals surface area contributed by atoms with Crippen LogP contribution in [0.25, 0.3) is 0 Å². The fourth-order valence-electron chi connectivity index (χ4n) is 3.08. The van der Waals surface area contributed by atoms with Crippen LogP contribution in [0.1, 0.15) is 16.8 Å². The average molecular weight is 458 g/mol. The van der Waals surface area contributed by atoms with Crippen LogP contribution in [0.15, 0.2) is 53.8 Å². The number of benzene rings is 1. The molecule has 2 aromatic heterocycles. The molecule has 3 heterocycles. The summed E-state index contributed by atoms with van der Waals surface area (Å²) in [6.07, 6.45) is 4.74. The Morgan fingerprint density at radius 3 is 2.62 bits per heavy atom. The number of hydrogen-bond donors (Lipinski definition) is 1. The van der Waals surface area contributed by atoms with Gasteiger partial charge in [-0.15, -0.1) is 0 Å². The summed E-state index contributed by atoms with van der Waals surface area (Å²) in [4.78, 5) is 16.7. The summed E-state index contributed by atoms with van der Waals surface area (Å²) < 4.78 is 41.9. The highest BCUT2D eigenvalue weighted by atomic mass is 32.2. The highest BCUT2D eigenvalue weighted by Crippen LogP contribution is 2.29. The second kappa shape index (κ2) is 8.97. The maximum absolute atomic E-state index is 12.8. The molecule has 11 heteroatoms. The molecule has 0 unspecified atom stereocenters. The van der Waals surface area contributed by atoms with Gasteiger partial charge in [-0.1, -0.05) is 0 Å². The van der Waals surface area contributed by atoms with Gasteiger partial charge in [0.1, 0.15) is 23.4 Å². The number of anilines is 1. The normalized spacial score (nSPS) is 16.0. The lowest BCUT2D eigenvalue weighted by Crippen LogP contribution is -2.17. The second-order valence-corrected chi connectivity index (χ2v) is 9.29. The van der Waals surface area contributed by atoms with Crippen molar-refractivity contribution < 1.29 is 27.4 Å². The molecule has 10 nitrogen and oxygen atoms in total. The van der Waals surface area contributed by atoms with Gasteiger partial charge in [0.25, 0.3) is 5.91 Å². The van der Waals surface area contributed by atoms with Crippen molar-refractivity contribution in [2.45, 2.75) is 17.6 Å². The highest BCUT2D eigenvalue weighted by Gasteiger charge is 2.19. The zero-order valence-electron chi connectivity index (χ0n) is 17.5. The molecule has 0 radical (unpaired) electrons. The van der Waals surface area contributed by atoms with Crippen molar-refractivity contribution in [1.29, 1.82) is 0 Å². The van der Waals surface area contributed by atoms with Gasteiger partial charge < -0.3 is 19.5 Å². The summed E-state index contributed by atoms with van der Waals surface area (Å²) in [7, 11) is -1.66. The Morgan fingerprint density at radius 1 is 1.19 bits per heavy atom. The van der Waals surface area contributed by atoms with E-state index in [1.54, 1.807) is 42.2 Å². The zero-order chi connectivity index (χ0) is 22.7. The number of pyridine rings is 1. The lowest BCUT2D eigenvalue weighted by molar-refractivity contribution is 0.102. The number of hydrogen-bond acceptors (Lipinski definition) is 8. The number of ether oxygens (including phenoxy) is 3. The summed E-state index contributed by atoms with van der Waals surface area (Å²) in [6, 6.07) is 9.36. The summed E-state index contributed by atoms with van der Waals surface area (Å²) >= 11 is 0. The largest absolute Gasteiger partial charge is 0.488 e. The van der Waals surface area contributed by atoms with Gasteiger partial charge in [-0.05, 0) is 24.3 Å². The number of rotatable bonds is 7. The molecule has 0 aliphatic carbocycles. The molecule has 1 amide bonds. The topological polar surface area (TPSA) is 122 Å². The Balaban J connectivity index is 1.59. The van der Waals surface area contributed by atoms with E-state index in [0.717, 1.165) is 12.7 Å². The fraction of sp³-hybridized carbons (Fsp3) is 0.286. The van der Waals surface area contributed by atoms with E-state index in [9.17, 15) is 13.2 Å². The maximum atomic E-state index is 12.8. The molecular formula is C21H22N4O6S. The minimum atomic E-state index is -3.42. The molecule has 1 saturated heterocycles. The first-order chi connectivity index (χ1) is 15.3. The van der Waals surface area contributed by atoms with Crippen LogP contribution in [0.3, 0.4) is 0 Å². The molecular weight excluding hydrogens is 436 g/mol. The van der Waals surface area contributed by atoms with E-state index < -0.39 is 9.84 Å². The predicted octanol–water partition coefficient (Wildman–Crippen LogP) is 2.43. The van der Waals surface area contributed by atoms with Gasteiger partial charge in [0.2, 0.25) is 0 Å². The van der Waals surface area contributed by atoms with Crippen LogP contribution >= 0.6 is 0 Å². The molecule has 0 spiro atoms. The molecule has 1 aliphatic heterocycles. The highest BCUT2D eigenvalue weighted by molar-refractivity contribution is 7.90. The van der Waals surface area contributed by atoms with Gasteiger partial charge in [-0.2, -0.15) is 5.10 Å². The van der Waals surface area contributed by atoms with E-state index in [-0.39, 0.29) is 17.0 Å². The third-order valence-electron chi connectivity index (χ3n) is 4.61. The van der Waals surface area contributed by atoms with Crippen molar-refractivity contribution in [2.75, 3.05) is 24.8 Å². The van der Waals surface area contributed by atoms with Crippen molar-refractivity contribution in [3.8, 4) is 17.2 Å². The maximum Gasteiger partial charge on any atom is 0.257 e. The summed E-state index contributed by atoms with van der Waals surface area (Å²) in [5.74, 6) is 1.13. The van der Waals surface area contributed by atoms with Crippen LogP contribution in [0.2, 0.25) is 0 Å². The summed E-state index contributed by atoms with van der Waals surface area (Å²) in [5, 5.41) is 6.82. The van der Waals surface area contributed by atoms with Crippen LogP contribution in [-0.2, 0) is 21.6 Å². The number of nitrogens with one attached hydrogen (secondary N) is 1. The second-order valence-electron chi connectivity index (χ2n) is 7.33. The van der Waals surface area contributed by atoms with Crippen LogP contribution in [0.5, 0.6) is 17.2 Å². The van der Waals surface area contributed by atoms with E-state index in [4.69, 9.17) is 14.2 Å². The zero-order valence-corrected chi connectivity index (χ0v) is 18.3. The number of aryl methyl sites for hydroxylation is 1. The number of carbonyl (C=O) groups excluding carboxylic acids is 1. The van der Waals surface area contributed by atoms with Crippen LogP contribution in [0.4, 0.5) is 5.82 Å². The minimum absolute atomic E-state index is 0.0569. The fourth-order valence-corrected chi connectivity index (χ4v) is 3.64. The van der Waals surface area contributed by atoms with Crippen molar-refractivity contribution in [3.63, 3.8) is 0 Å². The molecule has 1 aliphatic rings. The average Bonchev–Trinajstić information content (AvgIpc) is 3.39. The van der Waals surface area contributed by atoms with Crippen LogP contribution in [0, 0.1) is 0 Å². The third-order valence-corrected chi connectivity index (χ3v) is 5.61. The summed E-state index contributed by atoms with van der Waals surface area (Å²) in [5.41, 5.74) is 0.308. The molecule has 1 N–H and O–H groups in total. The van der Waals surface area contributed by atoms with E-state index in [2.05, 4.69) is 15.4 Å². The smallest absolute Gasteiger partial charge is 0.257 e. The Kier molecular flexibility index (Phi) is 6.10. The monoisotopic (exact) mass is 458 g/mol. The quantitative estimate of drug-likeness (QED) is 0.573. The lowest BCUT2D eigenvalue weighted by Gasteiger charge is -2.15. The van der Waals surface area contributed by atoms with Crippen molar-refractivity contribution in [1.82, 2.24) is 14.8 Å². The Bertz CT molecular complexity index is 1220. The van der Waals surface area contributed by atoms with Crippen LogP contribution in [-0.4, -0.2) is 54.7 Å². The van der Waals surface area contributed by atoms with E-state index >= 15 is 0 Å². The Hall–Kier alpha value is -3.44. The summed E-state index contributed by atoms with van der Waals surface area (Å²) in [6.45, 7) is 1.09.